The van der Waals surface area contributed by atoms with Crippen LogP contribution in [0.1, 0.15) is 32.3 Å². The van der Waals surface area contributed by atoms with Crippen molar-refractivity contribution in [3.63, 3.8) is 0 Å². The molecule has 84 valence electrons. The van der Waals surface area contributed by atoms with Crippen LogP contribution in [-0.2, 0) is 4.79 Å². The van der Waals surface area contributed by atoms with Gasteiger partial charge in [-0.05, 0) is 42.2 Å². The van der Waals surface area contributed by atoms with Crippen LogP contribution in [0.25, 0.3) is 5.57 Å². The molecule has 0 spiro atoms. The van der Waals surface area contributed by atoms with E-state index in [-0.39, 0.29) is 11.2 Å². The van der Waals surface area contributed by atoms with E-state index in [1.165, 1.54) is 0 Å². The molecule has 0 radical (unpaired) electrons. The zero-order valence-corrected chi connectivity index (χ0v) is 10.3. The van der Waals surface area contributed by atoms with Crippen LogP contribution >= 0.6 is 11.6 Å². The fraction of sp³-hybridized carbons (Fsp3) is 0.357. The van der Waals surface area contributed by atoms with Crippen molar-refractivity contribution in [2.45, 2.75) is 26.7 Å². The molecule has 0 amide bonds. The van der Waals surface area contributed by atoms with Crippen LogP contribution in [0.4, 0.5) is 0 Å². The van der Waals surface area contributed by atoms with Gasteiger partial charge in [-0.25, -0.2) is 0 Å². The Labute approximate surface area is 101 Å². The molecule has 0 fully saturated rings. The van der Waals surface area contributed by atoms with Crippen molar-refractivity contribution in [2.75, 3.05) is 0 Å². The number of benzene rings is 1. The molecule has 0 aromatic heterocycles. The Morgan fingerprint density at radius 2 is 1.81 bits per heavy atom. The molecule has 1 aliphatic carbocycles. The minimum Gasteiger partial charge on any atom is -0.294 e. The van der Waals surface area contributed by atoms with E-state index in [4.69, 9.17) is 11.6 Å². The molecule has 0 saturated carbocycles. The van der Waals surface area contributed by atoms with E-state index in [2.05, 4.69) is 0 Å². The number of allylic oxidation sites excluding steroid dienone is 2. The summed E-state index contributed by atoms with van der Waals surface area (Å²) in [5.74, 6) is 0.226. The van der Waals surface area contributed by atoms with Gasteiger partial charge in [0.25, 0.3) is 0 Å². The average Bonchev–Trinajstić information content (AvgIpc) is 2.24. The van der Waals surface area contributed by atoms with Crippen molar-refractivity contribution in [3.8, 4) is 0 Å². The fourth-order valence-electron chi connectivity index (χ4n) is 1.89. The Balaban J connectivity index is 2.30. The standard InChI is InChI=1S/C14H15ClO/c1-14(2)8-7-11(9-13(14)16)10-3-5-12(15)6-4-10/h3-6,9H,7-8H2,1-2H3. The van der Waals surface area contributed by atoms with Gasteiger partial charge in [0.2, 0.25) is 0 Å². The molecule has 0 unspecified atom stereocenters. The number of ketones is 1. The van der Waals surface area contributed by atoms with Crippen molar-refractivity contribution in [1.29, 1.82) is 0 Å². The molecule has 0 N–H and O–H groups in total. The molecule has 0 atom stereocenters. The first kappa shape index (κ1) is 11.4. The van der Waals surface area contributed by atoms with Crippen LogP contribution in [-0.4, -0.2) is 5.78 Å². The molecule has 1 aromatic rings. The van der Waals surface area contributed by atoms with Gasteiger partial charge >= 0.3 is 0 Å². The predicted octanol–water partition coefficient (Wildman–Crippen LogP) is 4.11. The minimum absolute atomic E-state index is 0.198. The third-order valence-corrected chi connectivity index (χ3v) is 3.46. The molecular weight excluding hydrogens is 220 g/mol. The van der Waals surface area contributed by atoms with Crippen molar-refractivity contribution >= 4 is 23.0 Å². The van der Waals surface area contributed by atoms with E-state index in [0.717, 1.165) is 29.0 Å². The highest BCUT2D eigenvalue weighted by atomic mass is 35.5. The molecule has 2 rings (SSSR count). The second-order valence-corrected chi connectivity index (χ2v) is 5.36. The summed E-state index contributed by atoms with van der Waals surface area (Å²) in [7, 11) is 0. The second kappa shape index (κ2) is 4.06. The van der Waals surface area contributed by atoms with Crippen LogP contribution < -0.4 is 0 Å². The highest BCUT2D eigenvalue weighted by molar-refractivity contribution is 6.30. The molecular formula is C14H15ClO. The number of hydrogen-bond acceptors (Lipinski definition) is 1. The first-order valence-electron chi connectivity index (χ1n) is 5.50. The Morgan fingerprint density at radius 3 is 2.38 bits per heavy atom. The summed E-state index contributed by atoms with van der Waals surface area (Å²) in [5.41, 5.74) is 2.03. The van der Waals surface area contributed by atoms with Gasteiger partial charge < -0.3 is 0 Å². The van der Waals surface area contributed by atoms with Crippen LogP contribution in [0.5, 0.6) is 0 Å². The van der Waals surface area contributed by atoms with Gasteiger partial charge in [-0.15, -0.1) is 0 Å². The fourth-order valence-corrected chi connectivity index (χ4v) is 2.01. The van der Waals surface area contributed by atoms with Crippen molar-refractivity contribution < 1.29 is 4.79 Å². The molecule has 1 nitrogen and oxygen atoms in total. The molecule has 2 heteroatoms. The summed E-state index contributed by atoms with van der Waals surface area (Å²) in [4.78, 5) is 11.9. The summed E-state index contributed by atoms with van der Waals surface area (Å²) in [6.07, 6.45) is 3.66. The first-order chi connectivity index (χ1) is 7.49. The van der Waals surface area contributed by atoms with Crippen LogP contribution in [0.2, 0.25) is 5.02 Å². The zero-order valence-electron chi connectivity index (χ0n) is 9.59. The average molecular weight is 235 g/mol. The Kier molecular flexibility index (Phi) is 2.90. The van der Waals surface area contributed by atoms with Gasteiger partial charge in [0.05, 0.1) is 0 Å². The summed E-state index contributed by atoms with van der Waals surface area (Å²) >= 11 is 5.84. The maximum atomic E-state index is 11.9. The molecule has 1 aliphatic rings. The van der Waals surface area contributed by atoms with E-state index < -0.39 is 0 Å². The van der Waals surface area contributed by atoms with E-state index in [1.807, 2.05) is 38.1 Å². The van der Waals surface area contributed by atoms with Gasteiger partial charge in [-0.3, -0.25) is 4.79 Å². The van der Waals surface area contributed by atoms with Crippen LogP contribution in [0.3, 0.4) is 0 Å². The number of hydrogen-bond donors (Lipinski definition) is 0. The number of carbonyl (C=O) groups is 1. The lowest BCUT2D eigenvalue weighted by molar-refractivity contribution is -0.122. The lowest BCUT2D eigenvalue weighted by atomic mass is 9.76. The quantitative estimate of drug-likeness (QED) is 0.715. The van der Waals surface area contributed by atoms with Gasteiger partial charge in [-0.1, -0.05) is 37.6 Å². The third kappa shape index (κ3) is 2.19. The van der Waals surface area contributed by atoms with Gasteiger partial charge in [0, 0.05) is 10.4 Å². The van der Waals surface area contributed by atoms with Crippen molar-refractivity contribution in [3.05, 3.63) is 40.9 Å². The molecule has 0 heterocycles. The maximum Gasteiger partial charge on any atom is 0.161 e. The normalized spacial score (nSPS) is 19.4. The lowest BCUT2D eigenvalue weighted by Gasteiger charge is -2.27. The van der Waals surface area contributed by atoms with Crippen LogP contribution in [0, 0.1) is 5.41 Å². The van der Waals surface area contributed by atoms with Gasteiger partial charge in [0.15, 0.2) is 5.78 Å². The van der Waals surface area contributed by atoms with Crippen molar-refractivity contribution in [1.82, 2.24) is 0 Å². The topological polar surface area (TPSA) is 17.1 Å². The Bertz CT molecular complexity index is 440. The molecule has 0 aliphatic heterocycles. The van der Waals surface area contributed by atoms with Crippen molar-refractivity contribution in [2.24, 2.45) is 5.41 Å². The summed E-state index contributed by atoms with van der Waals surface area (Å²) in [6.45, 7) is 4.01. The number of carbonyl (C=O) groups excluding carboxylic acids is 1. The second-order valence-electron chi connectivity index (χ2n) is 4.92. The molecule has 16 heavy (non-hydrogen) atoms. The van der Waals surface area contributed by atoms with Gasteiger partial charge in [0.1, 0.15) is 0 Å². The van der Waals surface area contributed by atoms with E-state index in [0.29, 0.717) is 0 Å². The summed E-state index contributed by atoms with van der Waals surface area (Å²) in [6, 6.07) is 7.67. The highest BCUT2D eigenvalue weighted by Crippen LogP contribution is 2.35. The minimum atomic E-state index is -0.198. The first-order valence-corrected chi connectivity index (χ1v) is 5.88. The highest BCUT2D eigenvalue weighted by Gasteiger charge is 2.29. The van der Waals surface area contributed by atoms with E-state index in [9.17, 15) is 4.79 Å². The third-order valence-electron chi connectivity index (χ3n) is 3.21. The maximum absolute atomic E-state index is 11.9. The van der Waals surface area contributed by atoms with E-state index >= 15 is 0 Å². The lowest BCUT2D eigenvalue weighted by Crippen LogP contribution is -2.25. The molecule has 1 aromatic carbocycles. The number of rotatable bonds is 1. The molecule has 0 saturated heterocycles. The van der Waals surface area contributed by atoms with Gasteiger partial charge in [-0.2, -0.15) is 0 Å². The Hall–Kier alpha value is -1.08. The smallest absolute Gasteiger partial charge is 0.161 e. The van der Waals surface area contributed by atoms with E-state index in [1.54, 1.807) is 6.08 Å². The monoisotopic (exact) mass is 234 g/mol. The van der Waals surface area contributed by atoms with Crippen LogP contribution in [0.15, 0.2) is 30.3 Å². The Morgan fingerprint density at radius 1 is 1.19 bits per heavy atom. The largest absolute Gasteiger partial charge is 0.294 e. The number of halogens is 1. The molecule has 0 bridgehead atoms. The summed E-state index contributed by atoms with van der Waals surface area (Å²) in [5, 5.41) is 0.729. The predicted molar refractivity (Wildman–Crippen MR) is 67.5 cm³/mol. The summed E-state index contributed by atoms with van der Waals surface area (Å²) < 4.78 is 0. The zero-order chi connectivity index (χ0) is 11.8. The SMILES string of the molecule is CC1(C)CCC(c2ccc(Cl)cc2)=CC1=O.